The molecule has 0 spiro atoms. The number of alkyl halides is 3. The summed E-state index contributed by atoms with van der Waals surface area (Å²) in [6, 6.07) is 4.68. The van der Waals surface area contributed by atoms with Crippen molar-refractivity contribution in [3.63, 3.8) is 0 Å². The largest absolute Gasteiger partial charge is 0.490 e. The highest BCUT2D eigenvalue weighted by Crippen LogP contribution is 2.27. The highest BCUT2D eigenvalue weighted by atomic mass is 19.4. The molecule has 1 atom stereocenters. The van der Waals surface area contributed by atoms with E-state index in [1.54, 1.807) is 10.7 Å². The van der Waals surface area contributed by atoms with Crippen LogP contribution in [0.15, 0.2) is 22.7 Å². The van der Waals surface area contributed by atoms with Crippen molar-refractivity contribution in [2.75, 3.05) is 13.1 Å². The smallest absolute Gasteiger partial charge is 0.475 e. The number of nitrogens with zero attached hydrogens (tertiary/aromatic N) is 4. The van der Waals surface area contributed by atoms with Crippen molar-refractivity contribution in [2.45, 2.75) is 38.8 Å². The first-order chi connectivity index (χ1) is 14.6. The van der Waals surface area contributed by atoms with Crippen molar-refractivity contribution in [3.05, 3.63) is 35.6 Å². The molecular weight excluding hydrogens is 422 g/mol. The molecule has 1 saturated heterocycles. The summed E-state index contributed by atoms with van der Waals surface area (Å²) < 4.78 is 52.4. The molecule has 1 aliphatic rings. The van der Waals surface area contributed by atoms with Crippen LogP contribution >= 0.6 is 0 Å². The van der Waals surface area contributed by atoms with Crippen LogP contribution < -0.4 is 5.32 Å². The van der Waals surface area contributed by atoms with Crippen LogP contribution in [0.3, 0.4) is 0 Å². The van der Waals surface area contributed by atoms with Gasteiger partial charge in [0, 0.05) is 17.9 Å². The van der Waals surface area contributed by atoms with E-state index in [0.717, 1.165) is 37.0 Å². The Morgan fingerprint density at radius 1 is 1.39 bits per heavy atom. The summed E-state index contributed by atoms with van der Waals surface area (Å²) in [6.07, 6.45) is -3.21. The van der Waals surface area contributed by atoms with Gasteiger partial charge in [-0.15, -0.1) is 0 Å². The topological polar surface area (TPSA) is 106 Å². The van der Waals surface area contributed by atoms with Crippen molar-refractivity contribution in [1.29, 1.82) is 0 Å². The first-order valence-corrected chi connectivity index (χ1v) is 9.58. The average molecular weight is 443 g/mol. The number of carboxylic acid groups (broad SMARTS) is 1. The maximum atomic E-state index is 13.7. The predicted octanol–water partition coefficient (Wildman–Crippen LogP) is 3.46. The number of rotatable bonds is 4. The van der Waals surface area contributed by atoms with Crippen molar-refractivity contribution >= 4 is 16.9 Å². The Bertz CT molecular complexity index is 1050. The normalized spacial score (nSPS) is 16.5. The van der Waals surface area contributed by atoms with Gasteiger partial charge in [0.1, 0.15) is 5.82 Å². The lowest BCUT2D eigenvalue weighted by Gasteiger charge is -2.01. The van der Waals surface area contributed by atoms with Crippen LogP contribution in [0.25, 0.3) is 16.9 Å². The van der Waals surface area contributed by atoms with Crippen molar-refractivity contribution in [2.24, 2.45) is 5.92 Å². The minimum atomic E-state index is -5.08. The van der Waals surface area contributed by atoms with Crippen LogP contribution in [-0.2, 0) is 11.2 Å². The Morgan fingerprint density at radius 2 is 2.10 bits per heavy atom. The van der Waals surface area contributed by atoms with E-state index in [9.17, 15) is 17.6 Å². The number of nitrogens with one attached hydrogen (secondary N) is 1. The van der Waals surface area contributed by atoms with E-state index in [-0.39, 0.29) is 11.7 Å². The molecule has 0 amide bonds. The molecule has 3 aromatic rings. The van der Waals surface area contributed by atoms with Crippen LogP contribution in [0.5, 0.6) is 0 Å². The van der Waals surface area contributed by atoms with E-state index in [0.29, 0.717) is 23.3 Å². The zero-order chi connectivity index (χ0) is 22.8. The Kier molecular flexibility index (Phi) is 6.58. The number of hydrogen-bond donors (Lipinski definition) is 2. The van der Waals surface area contributed by atoms with Gasteiger partial charge in [0.15, 0.2) is 0 Å². The lowest BCUT2D eigenvalue weighted by molar-refractivity contribution is -0.192. The van der Waals surface area contributed by atoms with Gasteiger partial charge in [-0.05, 0) is 48.6 Å². The van der Waals surface area contributed by atoms with Gasteiger partial charge >= 0.3 is 12.1 Å². The van der Waals surface area contributed by atoms with E-state index in [4.69, 9.17) is 14.4 Å². The first-order valence-electron chi connectivity index (χ1n) is 9.58. The number of carbonyl (C=O) groups is 1. The molecule has 1 fully saturated rings. The molecular formula is C19H21F4N5O3. The molecule has 1 aromatic carbocycles. The highest BCUT2D eigenvalue weighted by Gasteiger charge is 2.38. The maximum absolute atomic E-state index is 13.7. The number of aromatic nitrogens is 4. The van der Waals surface area contributed by atoms with Crippen LogP contribution in [0, 0.1) is 11.7 Å². The highest BCUT2D eigenvalue weighted by molar-refractivity contribution is 5.83. The minimum absolute atomic E-state index is 0.218. The molecule has 31 heavy (non-hydrogen) atoms. The van der Waals surface area contributed by atoms with Gasteiger partial charge in [0.05, 0.1) is 11.2 Å². The fourth-order valence-corrected chi connectivity index (χ4v) is 3.24. The third-order valence-electron chi connectivity index (χ3n) is 4.73. The zero-order valence-corrected chi connectivity index (χ0v) is 16.8. The van der Waals surface area contributed by atoms with E-state index < -0.39 is 12.1 Å². The van der Waals surface area contributed by atoms with Gasteiger partial charge in [-0.2, -0.15) is 27.9 Å². The Labute approximate surface area is 174 Å². The summed E-state index contributed by atoms with van der Waals surface area (Å²) in [4.78, 5) is 13.4. The lowest BCUT2D eigenvalue weighted by atomic mass is 10.1. The van der Waals surface area contributed by atoms with Crippen LogP contribution in [0.4, 0.5) is 17.6 Å². The van der Waals surface area contributed by atoms with Gasteiger partial charge < -0.3 is 14.9 Å². The third-order valence-corrected chi connectivity index (χ3v) is 4.73. The molecule has 8 nitrogen and oxygen atoms in total. The van der Waals surface area contributed by atoms with Gasteiger partial charge in [-0.1, -0.05) is 13.8 Å². The fraction of sp³-hybridized carbons (Fsp3) is 0.474. The molecule has 12 heteroatoms. The van der Waals surface area contributed by atoms with E-state index in [1.165, 1.54) is 12.1 Å². The van der Waals surface area contributed by atoms with Gasteiger partial charge in [-0.3, -0.25) is 0 Å². The fourth-order valence-electron chi connectivity index (χ4n) is 3.24. The molecule has 0 radical (unpaired) electrons. The monoisotopic (exact) mass is 443 g/mol. The molecule has 0 unspecified atom stereocenters. The number of aliphatic carboxylic acids is 1. The lowest BCUT2D eigenvalue weighted by Crippen LogP contribution is -2.21. The number of benzene rings is 1. The standard InChI is InChI=1S/C17H20FN5O.C2HF3O2/c1-10(2)16-13-4-3-12(18)8-14(13)23(21-16)17-20-15(24-22-17)7-11-5-6-19-9-11;3-2(4,5)1(6)7/h3-4,8,10-11,19H,5-7,9H2,1-2H3;(H,6,7)/t11-;/m0./s1. The predicted molar refractivity (Wildman–Crippen MR) is 101 cm³/mol. The van der Waals surface area contributed by atoms with E-state index in [1.807, 2.05) is 0 Å². The van der Waals surface area contributed by atoms with Crippen LogP contribution in [-0.4, -0.2) is 50.3 Å². The summed E-state index contributed by atoms with van der Waals surface area (Å²) in [5.74, 6) is -1.36. The molecule has 0 saturated carbocycles. The quantitative estimate of drug-likeness (QED) is 0.595. The second-order valence-electron chi connectivity index (χ2n) is 7.47. The molecule has 2 aromatic heterocycles. The summed E-state index contributed by atoms with van der Waals surface area (Å²) in [7, 11) is 0. The second kappa shape index (κ2) is 9.00. The third kappa shape index (κ3) is 5.37. The SMILES string of the molecule is CC(C)c1nn(-c2noc(C[C@@H]3CCNC3)n2)c2cc(F)ccc12.O=C(O)C(F)(F)F. The van der Waals surface area contributed by atoms with Gasteiger partial charge in [-0.25, -0.2) is 9.18 Å². The average Bonchev–Trinajstić information content (AvgIpc) is 3.41. The molecule has 3 heterocycles. The number of halogens is 4. The van der Waals surface area contributed by atoms with Gasteiger partial charge in [0.2, 0.25) is 5.89 Å². The number of carboxylic acids is 1. The second-order valence-corrected chi connectivity index (χ2v) is 7.47. The van der Waals surface area contributed by atoms with Gasteiger partial charge in [0.25, 0.3) is 5.95 Å². The van der Waals surface area contributed by atoms with E-state index in [2.05, 4.69) is 34.4 Å². The first kappa shape index (κ1) is 22.7. The Balaban J connectivity index is 0.000000339. The minimum Gasteiger partial charge on any atom is -0.475 e. The van der Waals surface area contributed by atoms with Crippen molar-refractivity contribution in [3.8, 4) is 5.95 Å². The number of fused-ring (bicyclic) bond motifs is 1. The Morgan fingerprint density at radius 3 is 2.68 bits per heavy atom. The number of hydrogen-bond acceptors (Lipinski definition) is 6. The molecule has 4 rings (SSSR count). The molecule has 0 bridgehead atoms. The molecule has 2 N–H and O–H groups in total. The summed E-state index contributed by atoms with van der Waals surface area (Å²) >= 11 is 0. The zero-order valence-electron chi connectivity index (χ0n) is 16.8. The van der Waals surface area contributed by atoms with Crippen molar-refractivity contribution < 1.29 is 32.0 Å². The van der Waals surface area contributed by atoms with Crippen LogP contribution in [0.2, 0.25) is 0 Å². The Hall–Kier alpha value is -3.02. The summed E-state index contributed by atoms with van der Waals surface area (Å²) in [5, 5.41) is 20.0. The maximum Gasteiger partial charge on any atom is 0.490 e. The van der Waals surface area contributed by atoms with Crippen molar-refractivity contribution in [1.82, 2.24) is 25.2 Å². The summed E-state index contributed by atoms with van der Waals surface area (Å²) in [6.45, 7) is 6.13. The summed E-state index contributed by atoms with van der Waals surface area (Å²) in [5.41, 5.74) is 1.56. The molecule has 0 aliphatic carbocycles. The molecule has 168 valence electrons. The van der Waals surface area contributed by atoms with E-state index >= 15 is 0 Å². The molecule has 1 aliphatic heterocycles. The van der Waals surface area contributed by atoms with Crippen LogP contribution in [0.1, 0.15) is 37.8 Å².